The van der Waals surface area contributed by atoms with E-state index in [1.165, 1.54) is 27.8 Å². The standard InChI is InChI=1S/C24H29N3O5S/c1-3-18-4-6-19(7-5-18)16-25-24(29)23-15-20-14-21(8-9-22(20)27(23)17(2)28)33(30,31)26-10-12-32-13-11-26/h4-9,14,23H,3,10-13,15-16H2,1-2H3,(H,25,29)/t23-/m0/s1. The van der Waals surface area contributed by atoms with Crippen molar-refractivity contribution < 1.29 is 22.7 Å². The predicted octanol–water partition coefficient (Wildman–Crippen LogP) is 1.86. The van der Waals surface area contributed by atoms with E-state index in [-0.39, 0.29) is 23.1 Å². The van der Waals surface area contributed by atoms with Crippen LogP contribution in [0.2, 0.25) is 0 Å². The van der Waals surface area contributed by atoms with Crippen molar-refractivity contribution in [2.45, 2.75) is 44.2 Å². The van der Waals surface area contributed by atoms with Crippen LogP contribution in [0.5, 0.6) is 0 Å². The van der Waals surface area contributed by atoms with Gasteiger partial charge < -0.3 is 10.1 Å². The number of hydrogen-bond acceptors (Lipinski definition) is 5. The third kappa shape index (κ3) is 4.80. The van der Waals surface area contributed by atoms with Crippen LogP contribution in [-0.2, 0) is 43.7 Å². The van der Waals surface area contributed by atoms with Crippen LogP contribution in [0, 0.1) is 0 Å². The van der Waals surface area contributed by atoms with Crippen molar-refractivity contribution in [3.05, 3.63) is 59.2 Å². The molecule has 0 bridgehead atoms. The average Bonchev–Trinajstić information content (AvgIpc) is 3.22. The van der Waals surface area contributed by atoms with Crippen LogP contribution in [-0.4, -0.2) is 56.9 Å². The normalized spacial score (nSPS) is 18.7. The van der Waals surface area contributed by atoms with Gasteiger partial charge in [0.15, 0.2) is 0 Å². The van der Waals surface area contributed by atoms with Crippen molar-refractivity contribution in [2.24, 2.45) is 0 Å². The molecule has 2 heterocycles. The van der Waals surface area contributed by atoms with Crippen LogP contribution in [0.4, 0.5) is 5.69 Å². The third-order valence-electron chi connectivity index (χ3n) is 6.18. The smallest absolute Gasteiger partial charge is 0.243 e. The molecule has 176 valence electrons. The second kappa shape index (κ2) is 9.62. The van der Waals surface area contributed by atoms with Crippen molar-refractivity contribution in [3.63, 3.8) is 0 Å². The van der Waals surface area contributed by atoms with Gasteiger partial charge in [0.05, 0.1) is 18.1 Å². The molecule has 0 aliphatic carbocycles. The highest BCUT2D eigenvalue weighted by atomic mass is 32.2. The fourth-order valence-corrected chi connectivity index (χ4v) is 5.78. The molecule has 2 aromatic carbocycles. The average molecular weight is 472 g/mol. The second-order valence-corrected chi connectivity index (χ2v) is 10.2. The number of sulfonamides is 1. The molecule has 9 heteroatoms. The molecule has 1 saturated heterocycles. The molecular weight excluding hydrogens is 442 g/mol. The van der Waals surface area contributed by atoms with E-state index in [0.29, 0.717) is 44.1 Å². The zero-order chi connectivity index (χ0) is 23.6. The number of hydrogen-bond donors (Lipinski definition) is 1. The van der Waals surface area contributed by atoms with E-state index in [0.717, 1.165) is 12.0 Å². The van der Waals surface area contributed by atoms with Gasteiger partial charge >= 0.3 is 0 Å². The quantitative estimate of drug-likeness (QED) is 0.694. The molecule has 2 amide bonds. The number of amides is 2. The minimum Gasteiger partial charge on any atom is -0.379 e. The predicted molar refractivity (Wildman–Crippen MR) is 124 cm³/mol. The van der Waals surface area contributed by atoms with Crippen molar-refractivity contribution in [1.82, 2.24) is 9.62 Å². The first-order chi connectivity index (χ1) is 15.8. The van der Waals surface area contributed by atoms with Crippen molar-refractivity contribution >= 4 is 27.5 Å². The van der Waals surface area contributed by atoms with Gasteiger partial charge in [0.1, 0.15) is 6.04 Å². The lowest BCUT2D eigenvalue weighted by Crippen LogP contribution is -2.47. The lowest BCUT2D eigenvalue weighted by molar-refractivity contribution is -0.125. The minimum atomic E-state index is -3.66. The highest BCUT2D eigenvalue weighted by Crippen LogP contribution is 2.35. The Bertz CT molecular complexity index is 1140. The number of anilines is 1. The molecule has 8 nitrogen and oxygen atoms in total. The topological polar surface area (TPSA) is 96.0 Å². The van der Waals surface area contributed by atoms with Crippen LogP contribution in [0.3, 0.4) is 0 Å². The van der Waals surface area contributed by atoms with Gasteiger partial charge in [-0.25, -0.2) is 8.42 Å². The Labute approximate surface area is 194 Å². The van der Waals surface area contributed by atoms with Gasteiger partial charge in [-0.1, -0.05) is 31.2 Å². The number of nitrogens with one attached hydrogen (secondary N) is 1. The molecule has 0 unspecified atom stereocenters. The summed E-state index contributed by atoms with van der Waals surface area (Å²) in [5.41, 5.74) is 3.45. The maximum absolute atomic E-state index is 13.0. The number of aryl methyl sites for hydroxylation is 1. The van der Waals surface area contributed by atoms with Crippen molar-refractivity contribution in [1.29, 1.82) is 0 Å². The number of fused-ring (bicyclic) bond motifs is 1. The zero-order valence-electron chi connectivity index (χ0n) is 18.9. The first-order valence-corrected chi connectivity index (χ1v) is 12.6. The van der Waals surface area contributed by atoms with Gasteiger partial charge in [0.2, 0.25) is 21.8 Å². The molecule has 1 N–H and O–H groups in total. The largest absolute Gasteiger partial charge is 0.379 e. The van der Waals surface area contributed by atoms with Crippen LogP contribution < -0.4 is 10.2 Å². The Morgan fingerprint density at radius 2 is 1.73 bits per heavy atom. The first-order valence-electron chi connectivity index (χ1n) is 11.2. The maximum Gasteiger partial charge on any atom is 0.243 e. The number of rotatable bonds is 6. The number of ether oxygens (including phenoxy) is 1. The van der Waals surface area contributed by atoms with Gasteiger partial charge in [-0.3, -0.25) is 14.5 Å². The first kappa shape index (κ1) is 23.4. The summed E-state index contributed by atoms with van der Waals surface area (Å²) in [5, 5.41) is 2.92. The summed E-state index contributed by atoms with van der Waals surface area (Å²) in [6.45, 7) is 5.21. The molecule has 4 rings (SSSR count). The van der Waals surface area contributed by atoms with E-state index >= 15 is 0 Å². The lowest BCUT2D eigenvalue weighted by Gasteiger charge is -2.26. The molecule has 1 fully saturated rings. The Balaban J connectivity index is 1.52. The number of nitrogens with zero attached hydrogens (tertiary/aromatic N) is 2. The summed E-state index contributed by atoms with van der Waals surface area (Å²) in [5.74, 6) is -0.525. The van der Waals surface area contributed by atoms with E-state index in [4.69, 9.17) is 4.74 Å². The highest BCUT2D eigenvalue weighted by molar-refractivity contribution is 7.89. The Kier molecular flexibility index (Phi) is 6.83. The number of carbonyl (C=O) groups is 2. The third-order valence-corrected chi connectivity index (χ3v) is 8.08. The van der Waals surface area contributed by atoms with Gasteiger partial charge in [0.25, 0.3) is 0 Å². The summed E-state index contributed by atoms with van der Waals surface area (Å²) in [6, 6.07) is 12.0. The Hall–Kier alpha value is -2.75. The summed E-state index contributed by atoms with van der Waals surface area (Å²) in [4.78, 5) is 27.0. The van der Waals surface area contributed by atoms with E-state index < -0.39 is 16.1 Å². The Morgan fingerprint density at radius 1 is 1.06 bits per heavy atom. The molecule has 2 aliphatic rings. The van der Waals surface area contributed by atoms with Gasteiger partial charge in [0, 0.05) is 38.7 Å². The molecule has 0 aromatic heterocycles. The van der Waals surface area contributed by atoms with E-state index in [1.807, 2.05) is 24.3 Å². The molecule has 0 saturated carbocycles. The SMILES string of the molecule is CCc1ccc(CNC(=O)[C@@H]2Cc3cc(S(=O)(=O)N4CCOCC4)ccc3N2C(C)=O)cc1. The molecule has 33 heavy (non-hydrogen) atoms. The highest BCUT2D eigenvalue weighted by Gasteiger charge is 2.38. The molecule has 2 aromatic rings. The summed E-state index contributed by atoms with van der Waals surface area (Å²) < 4.78 is 32.7. The molecular formula is C24H29N3O5S. The van der Waals surface area contributed by atoms with E-state index in [2.05, 4.69) is 12.2 Å². The van der Waals surface area contributed by atoms with Crippen molar-refractivity contribution in [3.8, 4) is 0 Å². The molecule has 1 atom stereocenters. The van der Waals surface area contributed by atoms with Crippen LogP contribution in [0.1, 0.15) is 30.5 Å². The van der Waals surface area contributed by atoms with Gasteiger partial charge in [-0.2, -0.15) is 4.31 Å². The van der Waals surface area contributed by atoms with Crippen LogP contribution >= 0.6 is 0 Å². The van der Waals surface area contributed by atoms with Crippen LogP contribution in [0.15, 0.2) is 47.4 Å². The summed E-state index contributed by atoms with van der Waals surface area (Å²) >= 11 is 0. The minimum absolute atomic E-state index is 0.170. The van der Waals surface area contributed by atoms with E-state index in [9.17, 15) is 18.0 Å². The number of morpholine rings is 1. The molecule has 0 spiro atoms. The zero-order valence-corrected chi connectivity index (χ0v) is 19.7. The molecule has 0 radical (unpaired) electrons. The van der Waals surface area contributed by atoms with Crippen LogP contribution in [0.25, 0.3) is 0 Å². The second-order valence-electron chi connectivity index (χ2n) is 8.30. The number of benzene rings is 2. The van der Waals surface area contributed by atoms with Crippen molar-refractivity contribution in [2.75, 3.05) is 31.2 Å². The van der Waals surface area contributed by atoms with Gasteiger partial charge in [-0.15, -0.1) is 0 Å². The van der Waals surface area contributed by atoms with Gasteiger partial charge in [-0.05, 0) is 41.3 Å². The number of carbonyl (C=O) groups excluding carboxylic acids is 2. The Morgan fingerprint density at radius 3 is 2.36 bits per heavy atom. The molecule has 2 aliphatic heterocycles. The fourth-order valence-electron chi connectivity index (χ4n) is 4.32. The lowest BCUT2D eigenvalue weighted by atomic mass is 10.1. The van der Waals surface area contributed by atoms with E-state index in [1.54, 1.807) is 12.1 Å². The summed E-state index contributed by atoms with van der Waals surface area (Å²) in [7, 11) is -3.66. The summed E-state index contributed by atoms with van der Waals surface area (Å²) in [6.07, 6.45) is 1.21. The monoisotopic (exact) mass is 471 g/mol. The fraction of sp³-hybridized carbons (Fsp3) is 0.417. The maximum atomic E-state index is 13.0.